The van der Waals surface area contributed by atoms with Crippen molar-refractivity contribution < 1.29 is 23.6 Å². The molecule has 1 saturated heterocycles. The number of nitrogens with one attached hydrogen (secondary N) is 2. The summed E-state index contributed by atoms with van der Waals surface area (Å²) in [5, 5.41) is 5.23. The third-order valence-electron chi connectivity index (χ3n) is 4.74. The van der Waals surface area contributed by atoms with Gasteiger partial charge < -0.3 is 15.1 Å². The van der Waals surface area contributed by atoms with E-state index in [1.54, 1.807) is 51.1 Å². The summed E-state index contributed by atoms with van der Waals surface area (Å²) in [5.74, 6) is -0.189. The number of Topliss-reactive ketones (excluding diaryl/α,β-unsaturated/α-hetero) is 1. The van der Waals surface area contributed by atoms with Gasteiger partial charge in [-0.3, -0.25) is 19.3 Å². The fourth-order valence-electron chi connectivity index (χ4n) is 3.38. The van der Waals surface area contributed by atoms with Crippen molar-refractivity contribution in [2.24, 2.45) is 0 Å². The van der Waals surface area contributed by atoms with Crippen LogP contribution in [0.4, 0.5) is 10.5 Å². The molecule has 1 aliphatic heterocycles. The fourth-order valence-corrected chi connectivity index (χ4v) is 3.38. The molecule has 0 saturated carbocycles. The lowest BCUT2D eigenvalue weighted by Gasteiger charge is -2.21. The van der Waals surface area contributed by atoms with Gasteiger partial charge in [0.05, 0.1) is 5.69 Å². The van der Waals surface area contributed by atoms with Crippen molar-refractivity contribution in [1.82, 2.24) is 10.2 Å². The lowest BCUT2D eigenvalue weighted by atomic mass is 9.92. The molecule has 2 heterocycles. The van der Waals surface area contributed by atoms with Crippen LogP contribution < -0.4 is 10.6 Å². The summed E-state index contributed by atoms with van der Waals surface area (Å²) >= 11 is 0. The molecule has 1 aromatic carbocycles. The van der Waals surface area contributed by atoms with Gasteiger partial charge in [-0.2, -0.15) is 0 Å². The van der Waals surface area contributed by atoms with Crippen LogP contribution in [0.1, 0.15) is 41.3 Å². The third kappa shape index (κ3) is 3.28. The number of benzene rings is 1. The topological polar surface area (TPSA) is 109 Å². The number of para-hydroxylation sites is 1. The summed E-state index contributed by atoms with van der Waals surface area (Å²) in [6, 6.07) is 7.57. The number of amides is 4. The average Bonchev–Trinajstić information content (AvgIpc) is 3.07. The van der Waals surface area contributed by atoms with Gasteiger partial charge in [-0.25, -0.2) is 4.79 Å². The first-order valence-corrected chi connectivity index (χ1v) is 8.75. The van der Waals surface area contributed by atoms with Crippen LogP contribution >= 0.6 is 0 Å². The number of carbonyl (C=O) groups excluding carboxylic acids is 4. The van der Waals surface area contributed by atoms with Crippen molar-refractivity contribution in [3.63, 3.8) is 0 Å². The van der Waals surface area contributed by atoms with Gasteiger partial charge in [-0.1, -0.05) is 12.1 Å². The largest absolute Gasteiger partial charge is 0.466 e. The minimum absolute atomic E-state index is 0.204. The van der Waals surface area contributed by atoms with Gasteiger partial charge in [0.15, 0.2) is 5.78 Å². The van der Waals surface area contributed by atoms with E-state index in [0.717, 1.165) is 4.90 Å². The Morgan fingerprint density at radius 3 is 2.50 bits per heavy atom. The number of carbonyl (C=O) groups is 4. The maximum absolute atomic E-state index is 12.9. The van der Waals surface area contributed by atoms with Crippen LogP contribution in [0.5, 0.6) is 0 Å². The normalized spacial score (nSPS) is 18.9. The Morgan fingerprint density at radius 2 is 1.89 bits per heavy atom. The number of imide groups is 1. The highest BCUT2D eigenvalue weighted by atomic mass is 16.3. The molecule has 1 aromatic heterocycles. The van der Waals surface area contributed by atoms with Crippen LogP contribution in [-0.4, -0.2) is 35.1 Å². The Balaban J connectivity index is 1.79. The summed E-state index contributed by atoms with van der Waals surface area (Å²) in [6.45, 7) is 5.96. The van der Waals surface area contributed by atoms with E-state index in [1.807, 2.05) is 0 Å². The van der Waals surface area contributed by atoms with Crippen molar-refractivity contribution in [3.8, 4) is 0 Å². The molecule has 1 aliphatic rings. The molecule has 0 radical (unpaired) electrons. The van der Waals surface area contributed by atoms with Crippen LogP contribution in [-0.2, 0) is 15.1 Å². The molecule has 2 N–H and O–H groups in total. The molecular formula is C20H21N3O5. The van der Waals surface area contributed by atoms with E-state index in [-0.39, 0.29) is 5.78 Å². The molecule has 4 amide bonds. The number of hydrogen-bond acceptors (Lipinski definition) is 5. The maximum Gasteiger partial charge on any atom is 0.325 e. The minimum Gasteiger partial charge on any atom is -0.466 e. The minimum atomic E-state index is -1.31. The van der Waals surface area contributed by atoms with E-state index >= 15 is 0 Å². The Labute approximate surface area is 161 Å². The molecule has 146 valence electrons. The van der Waals surface area contributed by atoms with E-state index in [0.29, 0.717) is 28.3 Å². The van der Waals surface area contributed by atoms with Gasteiger partial charge in [-0.15, -0.1) is 0 Å². The van der Waals surface area contributed by atoms with Crippen molar-refractivity contribution in [2.45, 2.75) is 33.2 Å². The molecular weight excluding hydrogens is 362 g/mol. The highest BCUT2D eigenvalue weighted by molar-refractivity contribution is 6.11. The second-order valence-corrected chi connectivity index (χ2v) is 6.92. The monoisotopic (exact) mass is 383 g/mol. The third-order valence-corrected chi connectivity index (χ3v) is 4.74. The SMILES string of the molecule is CC(=O)c1ccccc1NC(=O)CN1C(=O)NC(C)(c2cc(C)oc2C)C1=O. The lowest BCUT2D eigenvalue weighted by molar-refractivity contribution is -0.133. The van der Waals surface area contributed by atoms with Crippen molar-refractivity contribution in [3.05, 3.63) is 53.0 Å². The van der Waals surface area contributed by atoms with Crippen LogP contribution in [0.15, 0.2) is 34.7 Å². The Hall–Kier alpha value is -3.42. The Morgan fingerprint density at radius 1 is 1.21 bits per heavy atom. The zero-order valence-corrected chi connectivity index (χ0v) is 16.1. The summed E-state index contributed by atoms with van der Waals surface area (Å²) in [6.07, 6.45) is 0. The van der Waals surface area contributed by atoms with Crippen LogP contribution in [0, 0.1) is 13.8 Å². The molecule has 28 heavy (non-hydrogen) atoms. The Kier molecular flexibility index (Phi) is 4.80. The average molecular weight is 383 g/mol. The summed E-state index contributed by atoms with van der Waals surface area (Å²) in [4.78, 5) is 50.3. The summed E-state index contributed by atoms with van der Waals surface area (Å²) in [5.41, 5.74) is -0.0806. The zero-order chi connectivity index (χ0) is 20.6. The van der Waals surface area contributed by atoms with E-state index in [4.69, 9.17) is 4.42 Å². The molecule has 8 heteroatoms. The fraction of sp³-hybridized carbons (Fsp3) is 0.300. The standard InChI is InChI=1S/C20H21N3O5/c1-11-9-15(13(3)28-11)20(4)18(26)23(19(27)22-20)10-17(25)21-16-8-6-5-7-14(16)12(2)24/h5-9H,10H2,1-4H3,(H,21,25)(H,22,27). The maximum atomic E-state index is 12.9. The number of hydrogen-bond donors (Lipinski definition) is 2. The van der Waals surface area contributed by atoms with E-state index in [2.05, 4.69) is 10.6 Å². The van der Waals surface area contributed by atoms with Crippen LogP contribution in [0.25, 0.3) is 0 Å². The highest BCUT2D eigenvalue weighted by Gasteiger charge is 2.51. The van der Waals surface area contributed by atoms with Crippen molar-refractivity contribution in [1.29, 1.82) is 0 Å². The number of rotatable bonds is 5. The molecule has 1 atom stereocenters. The van der Waals surface area contributed by atoms with Crippen LogP contribution in [0.2, 0.25) is 0 Å². The quantitative estimate of drug-likeness (QED) is 0.609. The van der Waals surface area contributed by atoms with Crippen LogP contribution in [0.3, 0.4) is 0 Å². The van der Waals surface area contributed by atoms with Gasteiger partial charge in [0.25, 0.3) is 5.91 Å². The molecule has 1 unspecified atom stereocenters. The molecule has 8 nitrogen and oxygen atoms in total. The summed E-state index contributed by atoms with van der Waals surface area (Å²) < 4.78 is 5.47. The molecule has 0 bridgehead atoms. The number of furan rings is 1. The van der Waals surface area contributed by atoms with Gasteiger partial charge in [0.1, 0.15) is 23.6 Å². The number of nitrogens with zero attached hydrogens (tertiary/aromatic N) is 1. The first-order chi connectivity index (χ1) is 13.1. The van der Waals surface area contributed by atoms with Gasteiger partial charge in [0.2, 0.25) is 5.91 Å². The number of urea groups is 1. The molecule has 3 rings (SSSR count). The predicted octanol–water partition coefficient (Wildman–Crippen LogP) is 2.50. The molecule has 0 spiro atoms. The summed E-state index contributed by atoms with van der Waals surface area (Å²) in [7, 11) is 0. The van der Waals surface area contributed by atoms with E-state index < -0.39 is 29.9 Å². The van der Waals surface area contributed by atoms with Gasteiger partial charge >= 0.3 is 6.03 Å². The predicted molar refractivity (Wildman–Crippen MR) is 101 cm³/mol. The first kappa shape index (κ1) is 19.3. The molecule has 2 aromatic rings. The molecule has 0 aliphatic carbocycles. The second-order valence-electron chi connectivity index (χ2n) is 6.92. The van der Waals surface area contributed by atoms with Crippen molar-refractivity contribution >= 4 is 29.3 Å². The van der Waals surface area contributed by atoms with E-state index in [1.165, 1.54) is 6.92 Å². The van der Waals surface area contributed by atoms with Gasteiger partial charge in [0, 0.05) is 11.1 Å². The van der Waals surface area contributed by atoms with E-state index in [9.17, 15) is 19.2 Å². The smallest absolute Gasteiger partial charge is 0.325 e. The number of aryl methyl sites for hydroxylation is 2. The lowest BCUT2D eigenvalue weighted by Crippen LogP contribution is -2.42. The second kappa shape index (κ2) is 6.95. The zero-order valence-electron chi connectivity index (χ0n) is 16.1. The number of anilines is 1. The molecule has 1 fully saturated rings. The number of ketones is 1. The van der Waals surface area contributed by atoms with Gasteiger partial charge in [-0.05, 0) is 45.9 Å². The van der Waals surface area contributed by atoms with Crippen molar-refractivity contribution in [2.75, 3.05) is 11.9 Å². The Bertz CT molecular complexity index is 993. The first-order valence-electron chi connectivity index (χ1n) is 8.75. The highest BCUT2D eigenvalue weighted by Crippen LogP contribution is 2.32.